The van der Waals surface area contributed by atoms with Gasteiger partial charge in [0.2, 0.25) is 0 Å². The number of halogens is 1. The van der Waals surface area contributed by atoms with E-state index in [1.165, 1.54) is 18.3 Å². The number of likely N-dealkylation sites (N-methyl/N-ethyl adjacent to an activating group) is 1. The van der Waals surface area contributed by atoms with E-state index in [4.69, 9.17) is 14.2 Å². The third-order valence-corrected chi connectivity index (χ3v) is 4.42. The van der Waals surface area contributed by atoms with Crippen LogP contribution in [0.4, 0.5) is 14.9 Å². The van der Waals surface area contributed by atoms with E-state index in [1.807, 2.05) is 25.1 Å². The summed E-state index contributed by atoms with van der Waals surface area (Å²) in [6.45, 7) is 1.05. The van der Waals surface area contributed by atoms with Gasteiger partial charge in [-0.1, -0.05) is 12.1 Å². The normalized spacial score (nSPS) is 10.7. The summed E-state index contributed by atoms with van der Waals surface area (Å²) in [5, 5.41) is 9.08. The van der Waals surface area contributed by atoms with Crippen LogP contribution in [-0.2, 0) is 11.3 Å². The number of methoxy groups -OCH3 is 1. The molecule has 1 heterocycles. The molecule has 0 fully saturated rings. The second-order valence-corrected chi connectivity index (χ2v) is 7.02. The van der Waals surface area contributed by atoms with Crippen molar-refractivity contribution in [1.82, 2.24) is 15.1 Å². The molecule has 3 aromatic rings. The van der Waals surface area contributed by atoms with Gasteiger partial charge in [-0.2, -0.15) is 5.10 Å². The van der Waals surface area contributed by atoms with Crippen molar-refractivity contribution in [3.8, 4) is 22.6 Å². The molecule has 0 saturated carbocycles. The summed E-state index contributed by atoms with van der Waals surface area (Å²) in [5.74, 6) is 0.470. The summed E-state index contributed by atoms with van der Waals surface area (Å²) in [6.07, 6.45) is 2.37. The molecule has 9 heteroatoms. The average molecular weight is 428 g/mol. The molecule has 3 rings (SSSR count). The van der Waals surface area contributed by atoms with Crippen LogP contribution in [0.3, 0.4) is 0 Å². The van der Waals surface area contributed by atoms with Gasteiger partial charge in [-0.15, -0.1) is 0 Å². The molecule has 0 unspecified atom stereocenters. The molecule has 2 N–H and O–H groups in total. The first-order valence-corrected chi connectivity index (χ1v) is 9.63. The van der Waals surface area contributed by atoms with Crippen LogP contribution in [0.25, 0.3) is 11.1 Å². The first-order chi connectivity index (χ1) is 15.0. The minimum atomic E-state index is -0.726. The molecule has 0 bridgehead atoms. The summed E-state index contributed by atoms with van der Waals surface area (Å²) < 4.78 is 30.9. The highest BCUT2D eigenvalue weighted by Gasteiger charge is 2.16. The number of carbonyl (C=O) groups is 1. The van der Waals surface area contributed by atoms with Gasteiger partial charge in [0.25, 0.3) is 0 Å². The summed E-state index contributed by atoms with van der Waals surface area (Å²) in [5.41, 5.74) is 1.82. The van der Waals surface area contributed by atoms with Gasteiger partial charge >= 0.3 is 6.09 Å². The van der Waals surface area contributed by atoms with E-state index >= 15 is 0 Å². The Morgan fingerprint density at radius 3 is 2.81 bits per heavy atom. The second kappa shape index (κ2) is 10.4. The predicted octanol–water partition coefficient (Wildman–Crippen LogP) is 3.91. The third kappa shape index (κ3) is 6.19. The molecule has 1 aromatic heterocycles. The highest BCUT2D eigenvalue weighted by Crippen LogP contribution is 2.33. The predicted molar refractivity (Wildman–Crippen MR) is 115 cm³/mol. The van der Waals surface area contributed by atoms with E-state index in [1.54, 1.807) is 31.5 Å². The smallest absolute Gasteiger partial charge is 0.412 e. The van der Waals surface area contributed by atoms with Crippen molar-refractivity contribution in [2.45, 2.75) is 6.61 Å². The molecule has 0 aliphatic carbocycles. The molecular weight excluding hydrogens is 403 g/mol. The molecule has 0 atom stereocenters. The number of amides is 1. The van der Waals surface area contributed by atoms with Crippen LogP contribution in [0.1, 0.15) is 5.56 Å². The Morgan fingerprint density at radius 1 is 1.26 bits per heavy atom. The number of H-pyrrole nitrogens is 1. The van der Waals surface area contributed by atoms with Crippen LogP contribution in [0.2, 0.25) is 0 Å². The fraction of sp³-hybridized carbons (Fsp3) is 0.273. The Hall–Kier alpha value is -3.59. The Labute approximate surface area is 179 Å². The molecule has 8 nitrogen and oxygen atoms in total. The lowest BCUT2D eigenvalue weighted by Gasteiger charge is -2.16. The van der Waals surface area contributed by atoms with Gasteiger partial charge in [0, 0.05) is 29.9 Å². The van der Waals surface area contributed by atoms with Crippen LogP contribution in [0, 0.1) is 5.82 Å². The number of aromatic nitrogens is 2. The van der Waals surface area contributed by atoms with E-state index in [0.717, 1.165) is 5.56 Å². The van der Waals surface area contributed by atoms with Crippen molar-refractivity contribution in [2.75, 3.05) is 39.7 Å². The molecule has 2 aromatic carbocycles. The van der Waals surface area contributed by atoms with Crippen LogP contribution in [-0.4, -0.2) is 55.5 Å². The van der Waals surface area contributed by atoms with Crippen LogP contribution in [0.5, 0.6) is 11.5 Å². The number of rotatable bonds is 9. The zero-order valence-electron chi connectivity index (χ0n) is 17.6. The Bertz CT molecular complexity index is 1010. The number of anilines is 1. The summed E-state index contributed by atoms with van der Waals surface area (Å²) in [7, 11) is 5.40. The number of benzene rings is 2. The van der Waals surface area contributed by atoms with Crippen LogP contribution in [0.15, 0.2) is 48.8 Å². The molecule has 0 radical (unpaired) electrons. The van der Waals surface area contributed by atoms with Crippen molar-refractivity contribution >= 4 is 11.8 Å². The minimum Gasteiger partial charge on any atom is -0.497 e. The SMILES string of the molecule is COc1cccc(COC(=O)Nc2cc(F)c(-c3cn[nH]c3)cc2OCCN(C)C)c1. The van der Waals surface area contributed by atoms with Crippen molar-refractivity contribution in [2.24, 2.45) is 0 Å². The van der Waals surface area contributed by atoms with Gasteiger partial charge in [-0.3, -0.25) is 10.4 Å². The number of hydrogen-bond acceptors (Lipinski definition) is 6. The van der Waals surface area contributed by atoms with Crippen molar-refractivity contribution in [3.05, 3.63) is 60.2 Å². The van der Waals surface area contributed by atoms with Crippen LogP contribution >= 0.6 is 0 Å². The number of nitrogens with one attached hydrogen (secondary N) is 2. The maximum absolute atomic E-state index is 14.7. The minimum absolute atomic E-state index is 0.0371. The largest absolute Gasteiger partial charge is 0.497 e. The van der Waals surface area contributed by atoms with Gasteiger partial charge in [-0.05, 0) is 37.9 Å². The summed E-state index contributed by atoms with van der Waals surface area (Å²) >= 11 is 0. The average Bonchev–Trinajstić information content (AvgIpc) is 3.28. The maximum Gasteiger partial charge on any atom is 0.412 e. The van der Waals surface area contributed by atoms with Crippen LogP contribution < -0.4 is 14.8 Å². The topological polar surface area (TPSA) is 88.7 Å². The number of nitrogens with zero attached hydrogens (tertiary/aromatic N) is 2. The Balaban J connectivity index is 1.74. The fourth-order valence-corrected chi connectivity index (χ4v) is 2.79. The van der Waals surface area contributed by atoms with Crippen molar-refractivity contribution in [3.63, 3.8) is 0 Å². The van der Waals surface area contributed by atoms with E-state index in [2.05, 4.69) is 15.5 Å². The number of carbonyl (C=O) groups excluding carboxylic acids is 1. The lowest BCUT2D eigenvalue weighted by atomic mass is 10.1. The van der Waals surface area contributed by atoms with E-state index < -0.39 is 11.9 Å². The Morgan fingerprint density at radius 2 is 2.10 bits per heavy atom. The summed E-state index contributed by atoms with van der Waals surface area (Å²) in [6, 6.07) is 9.92. The lowest BCUT2D eigenvalue weighted by molar-refractivity contribution is 0.155. The molecule has 0 spiro atoms. The fourth-order valence-electron chi connectivity index (χ4n) is 2.79. The van der Waals surface area contributed by atoms with Crippen molar-refractivity contribution < 1.29 is 23.4 Å². The first kappa shape index (κ1) is 22.1. The molecule has 31 heavy (non-hydrogen) atoms. The molecule has 0 aliphatic heterocycles. The Kier molecular flexibility index (Phi) is 7.45. The van der Waals surface area contributed by atoms with Gasteiger partial charge in [0.15, 0.2) is 0 Å². The molecular formula is C22H25FN4O4. The molecule has 0 saturated heterocycles. The number of ether oxygens (including phenoxy) is 3. The lowest BCUT2D eigenvalue weighted by Crippen LogP contribution is -2.20. The highest BCUT2D eigenvalue weighted by molar-refractivity contribution is 5.87. The monoisotopic (exact) mass is 428 g/mol. The number of aromatic amines is 1. The maximum atomic E-state index is 14.7. The zero-order valence-corrected chi connectivity index (χ0v) is 17.6. The summed E-state index contributed by atoms with van der Waals surface area (Å²) in [4.78, 5) is 14.3. The van der Waals surface area contributed by atoms with Crippen molar-refractivity contribution in [1.29, 1.82) is 0 Å². The van der Waals surface area contributed by atoms with E-state index in [-0.39, 0.29) is 12.3 Å². The van der Waals surface area contributed by atoms with Gasteiger partial charge < -0.3 is 19.1 Å². The number of hydrogen-bond donors (Lipinski definition) is 2. The standard InChI is InChI=1S/C22H25FN4O4/c1-27(2)7-8-30-21-10-18(16-12-24-25-13-16)19(23)11-20(21)26-22(28)31-14-15-5-4-6-17(9-15)29-3/h4-6,9-13H,7-8,14H2,1-3H3,(H,24,25)(H,26,28). The zero-order chi connectivity index (χ0) is 22.2. The van der Waals surface area contributed by atoms with Gasteiger partial charge in [-0.25, -0.2) is 9.18 Å². The highest BCUT2D eigenvalue weighted by atomic mass is 19.1. The molecule has 1 amide bonds. The quantitative estimate of drug-likeness (QED) is 0.537. The van der Waals surface area contributed by atoms with E-state index in [0.29, 0.717) is 35.8 Å². The third-order valence-electron chi connectivity index (χ3n) is 4.42. The van der Waals surface area contributed by atoms with Gasteiger partial charge in [0.05, 0.1) is 19.0 Å². The molecule has 164 valence electrons. The second-order valence-electron chi connectivity index (χ2n) is 7.02. The van der Waals surface area contributed by atoms with E-state index in [9.17, 15) is 9.18 Å². The molecule has 0 aliphatic rings. The van der Waals surface area contributed by atoms with Gasteiger partial charge in [0.1, 0.15) is 30.5 Å². The first-order valence-electron chi connectivity index (χ1n) is 9.63.